The lowest BCUT2D eigenvalue weighted by Crippen LogP contribution is -2.03. The van der Waals surface area contributed by atoms with Crippen molar-refractivity contribution in [3.8, 4) is 5.75 Å². The molecule has 0 aliphatic rings. The maximum Gasteiger partial charge on any atom is 0.129 e. The zero-order valence-corrected chi connectivity index (χ0v) is 11.1. The Balaban J connectivity index is 2.41. The van der Waals surface area contributed by atoms with Crippen LogP contribution in [0.2, 0.25) is 10.2 Å². The summed E-state index contributed by atoms with van der Waals surface area (Å²) in [6.07, 6.45) is 0.663. The van der Waals surface area contributed by atoms with Crippen LogP contribution in [0.5, 0.6) is 5.75 Å². The molecule has 0 radical (unpaired) electrons. The fraction of sp³-hybridized carbons (Fsp3) is 0.154. The van der Waals surface area contributed by atoms with Crippen molar-refractivity contribution in [3.63, 3.8) is 0 Å². The molecule has 2 aromatic rings. The van der Waals surface area contributed by atoms with Crippen molar-refractivity contribution in [2.24, 2.45) is 0 Å². The van der Waals surface area contributed by atoms with Gasteiger partial charge in [-0.15, -0.1) is 0 Å². The van der Waals surface area contributed by atoms with E-state index in [9.17, 15) is 5.11 Å². The molecule has 18 heavy (non-hydrogen) atoms. The Hall–Kier alpha value is -1.29. The first-order valence-electron chi connectivity index (χ1n) is 5.25. The Morgan fingerprint density at radius 3 is 2.61 bits per heavy atom. The van der Waals surface area contributed by atoms with Crippen LogP contribution < -0.4 is 4.74 Å². The van der Waals surface area contributed by atoms with Crippen molar-refractivity contribution in [3.05, 3.63) is 57.8 Å². The number of benzene rings is 1. The molecule has 0 spiro atoms. The molecule has 1 aromatic heterocycles. The van der Waals surface area contributed by atoms with E-state index in [0.29, 0.717) is 27.1 Å². The van der Waals surface area contributed by atoms with Crippen molar-refractivity contribution in [2.75, 3.05) is 7.11 Å². The van der Waals surface area contributed by atoms with Crippen LogP contribution in [-0.2, 0) is 0 Å². The molecule has 1 atom stereocenters. The van der Waals surface area contributed by atoms with E-state index in [1.54, 1.807) is 37.4 Å². The van der Waals surface area contributed by atoms with Gasteiger partial charge in [0.2, 0.25) is 0 Å². The van der Waals surface area contributed by atoms with E-state index in [4.69, 9.17) is 27.9 Å². The maximum atomic E-state index is 10.3. The minimum atomic E-state index is -0.858. The van der Waals surface area contributed by atoms with Gasteiger partial charge < -0.3 is 9.84 Å². The molecule has 1 unspecified atom stereocenters. The summed E-state index contributed by atoms with van der Waals surface area (Å²) in [6.45, 7) is 0. The van der Waals surface area contributed by atoms with Gasteiger partial charge in [-0.05, 0) is 24.3 Å². The average molecular weight is 284 g/mol. The number of hydrogen-bond acceptors (Lipinski definition) is 3. The predicted molar refractivity (Wildman–Crippen MR) is 71.3 cm³/mol. The zero-order chi connectivity index (χ0) is 13.1. The molecule has 0 bridgehead atoms. The van der Waals surface area contributed by atoms with Gasteiger partial charge in [-0.3, -0.25) is 0 Å². The monoisotopic (exact) mass is 283 g/mol. The van der Waals surface area contributed by atoms with Crippen LogP contribution in [0.4, 0.5) is 0 Å². The van der Waals surface area contributed by atoms with E-state index in [-0.39, 0.29) is 0 Å². The zero-order valence-electron chi connectivity index (χ0n) is 9.60. The number of halogens is 2. The topological polar surface area (TPSA) is 42.4 Å². The highest BCUT2D eigenvalue weighted by atomic mass is 35.5. The minimum absolute atomic E-state index is 0.379. The Kier molecular flexibility index (Phi) is 4.07. The number of aliphatic hydroxyl groups excluding tert-OH is 1. The van der Waals surface area contributed by atoms with Crippen LogP contribution in [0.25, 0.3) is 0 Å². The molecule has 0 saturated carbocycles. The first-order chi connectivity index (χ1) is 8.61. The fourth-order valence-corrected chi connectivity index (χ4v) is 1.94. The SMILES string of the molecule is COc1ccc(Cl)cc1C(O)c1ccc(Cl)nc1. The third-order valence-corrected chi connectivity index (χ3v) is 3.01. The lowest BCUT2D eigenvalue weighted by atomic mass is 10.0. The van der Waals surface area contributed by atoms with E-state index in [1.165, 1.54) is 6.20 Å². The van der Waals surface area contributed by atoms with Crippen molar-refractivity contribution in [2.45, 2.75) is 6.10 Å². The summed E-state index contributed by atoms with van der Waals surface area (Å²) in [5.41, 5.74) is 1.22. The molecule has 0 aliphatic carbocycles. The summed E-state index contributed by atoms with van der Waals surface area (Å²) in [5.74, 6) is 0.571. The van der Waals surface area contributed by atoms with Gasteiger partial charge in [0.05, 0.1) is 7.11 Å². The standard InChI is InChI=1S/C13H11Cl2NO2/c1-18-11-4-3-9(14)6-10(11)13(17)8-2-5-12(15)16-7-8/h2-7,13,17H,1H3. The van der Waals surface area contributed by atoms with E-state index in [1.807, 2.05) is 0 Å². The summed E-state index contributed by atoms with van der Waals surface area (Å²) < 4.78 is 5.20. The highest BCUT2D eigenvalue weighted by Gasteiger charge is 2.16. The summed E-state index contributed by atoms with van der Waals surface area (Å²) in [7, 11) is 1.54. The first kappa shape index (κ1) is 13.1. The lowest BCUT2D eigenvalue weighted by molar-refractivity contribution is 0.214. The Morgan fingerprint density at radius 1 is 1.22 bits per heavy atom. The minimum Gasteiger partial charge on any atom is -0.496 e. The van der Waals surface area contributed by atoms with E-state index < -0.39 is 6.10 Å². The second-order valence-corrected chi connectivity index (χ2v) is 4.53. The number of ether oxygens (including phenoxy) is 1. The quantitative estimate of drug-likeness (QED) is 0.877. The average Bonchev–Trinajstić information content (AvgIpc) is 2.39. The van der Waals surface area contributed by atoms with Crippen LogP contribution in [0.3, 0.4) is 0 Å². The maximum absolute atomic E-state index is 10.3. The van der Waals surface area contributed by atoms with Crippen LogP contribution in [0.15, 0.2) is 36.5 Å². The number of pyridine rings is 1. The van der Waals surface area contributed by atoms with Gasteiger partial charge in [0.15, 0.2) is 0 Å². The number of aromatic nitrogens is 1. The van der Waals surface area contributed by atoms with Gasteiger partial charge in [0.25, 0.3) is 0 Å². The number of hydrogen-bond donors (Lipinski definition) is 1. The van der Waals surface area contributed by atoms with Crippen molar-refractivity contribution >= 4 is 23.2 Å². The van der Waals surface area contributed by atoms with Gasteiger partial charge in [-0.2, -0.15) is 0 Å². The second-order valence-electron chi connectivity index (χ2n) is 3.70. The van der Waals surface area contributed by atoms with Gasteiger partial charge in [0.1, 0.15) is 17.0 Å². The largest absolute Gasteiger partial charge is 0.496 e. The first-order valence-corrected chi connectivity index (χ1v) is 6.00. The summed E-state index contributed by atoms with van der Waals surface area (Å²) in [4.78, 5) is 3.94. The number of rotatable bonds is 3. The Bertz CT molecular complexity index is 543. The third kappa shape index (κ3) is 2.75. The third-order valence-electron chi connectivity index (χ3n) is 2.55. The molecule has 1 N–H and O–H groups in total. The molecule has 1 heterocycles. The van der Waals surface area contributed by atoms with Gasteiger partial charge >= 0.3 is 0 Å². The molecule has 0 amide bonds. The van der Waals surface area contributed by atoms with Crippen LogP contribution in [-0.4, -0.2) is 17.2 Å². The molecule has 5 heteroatoms. The van der Waals surface area contributed by atoms with Crippen molar-refractivity contribution in [1.29, 1.82) is 0 Å². The predicted octanol–water partition coefficient (Wildman–Crippen LogP) is 3.48. The van der Waals surface area contributed by atoms with Crippen LogP contribution in [0.1, 0.15) is 17.2 Å². The normalized spacial score (nSPS) is 12.2. The summed E-state index contributed by atoms with van der Waals surface area (Å²) in [6, 6.07) is 8.41. The second kappa shape index (κ2) is 5.57. The van der Waals surface area contributed by atoms with Crippen molar-refractivity contribution < 1.29 is 9.84 Å². The molecular formula is C13H11Cl2NO2. The Labute approximate surface area is 115 Å². The highest BCUT2D eigenvalue weighted by Crippen LogP contribution is 2.32. The lowest BCUT2D eigenvalue weighted by Gasteiger charge is -2.15. The van der Waals surface area contributed by atoms with Gasteiger partial charge in [0, 0.05) is 22.3 Å². The van der Waals surface area contributed by atoms with Crippen LogP contribution >= 0.6 is 23.2 Å². The van der Waals surface area contributed by atoms with E-state index in [0.717, 1.165) is 0 Å². The van der Waals surface area contributed by atoms with Crippen molar-refractivity contribution in [1.82, 2.24) is 4.98 Å². The number of methoxy groups -OCH3 is 1. The molecule has 2 rings (SSSR count). The van der Waals surface area contributed by atoms with Gasteiger partial charge in [-0.1, -0.05) is 29.3 Å². The number of nitrogens with zero attached hydrogens (tertiary/aromatic N) is 1. The fourth-order valence-electron chi connectivity index (χ4n) is 1.65. The molecular weight excluding hydrogens is 273 g/mol. The molecule has 0 saturated heterocycles. The van der Waals surface area contributed by atoms with E-state index in [2.05, 4.69) is 4.98 Å². The summed E-state index contributed by atoms with van der Waals surface area (Å²) in [5, 5.41) is 11.2. The molecule has 0 aliphatic heterocycles. The van der Waals surface area contributed by atoms with Crippen LogP contribution in [0, 0.1) is 0 Å². The molecule has 1 aromatic carbocycles. The Morgan fingerprint density at radius 2 is 2.00 bits per heavy atom. The summed E-state index contributed by atoms with van der Waals surface area (Å²) >= 11 is 11.6. The molecule has 3 nitrogen and oxygen atoms in total. The molecule has 94 valence electrons. The van der Waals surface area contributed by atoms with E-state index >= 15 is 0 Å². The van der Waals surface area contributed by atoms with Gasteiger partial charge in [-0.25, -0.2) is 4.98 Å². The smallest absolute Gasteiger partial charge is 0.129 e. The number of aliphatic hydroxyl groups is 1. The highest BCUT2D eigenvalue weighted by molar-refractivity contribution is 6.30. The molecule has 0 fully saturated rings.